The number of halogens is 1. The van der Waals surface area contributed by atoms with Gasteiger partial charge < -0.3 is 9.80 Å². The first-order valence-corrected chi connectivity index (χ1v) is 8.60. The summed E-state index contributed by atoms with van der Waals surface area (Å²) >= 11 is 6.05. The summed E-state index contributed by atoms with van der Waals surface area (Å²) in [7, 11) is 3.43. The minimum Gasteiger partial charge on any atom is -0.347 e. The highest BCUT2D eigenvalue weighted by molar-refractivity contribution is 6.30. The lowest BCUT2D eigenvalue weighted by Gasteiger charge is -2.26. The third kappa shape index (κ3) is 3.26. The van der Waals surface area contributed by atoms with Gasteiger partial charge >= 0.3 is 0 Å². The van der Waals surface area contributed by atoms with Crippen molar-refractivity contribution in [3.8, 4) is 5.69 Å². The number of carbonyl (C=O) groups excluding carboxylic acids is 2. The summed E-state index contributed by atoms with van der Waals surface area (Å²) in [5.41, 5.74) is 2.04. The summed E-state index contributed by atoms with van der Waals surface area (Å²) in [5, 5.41) is 4.95. The Balaban J connectivity index is 1.90. The van der Waals surface area contributed by atoms with Crippen molar-refractivity contribution in [2.45, 2.75) is 25.8 Å². The van der Waals surface area contributed by atoms with E-state index in [0.717, 1.165) is 17.8 Å². The molecule has 1 aromatic carbocycles. The largest absolute Gasteiger partial charge is 0.347 e. The number of hydrogen-bond donors (Lipinski definition) is 0. The summed E-state index contributed by atoms with van der Waals surface area (Å²) in [4.78, 5) is 28.5. The molecule has 6 nitrogen and oxygen atoms in total. The molecule has 0 aliphatic carbocycles. The van der Waals surface area contributed by atoms with Crippen LogP contribution in [0.5, 0.6) is 0 Å². The highest BCUT2D eigenvalue weighted by Crippen LogP contribution is 2.24. The number of likely N-dealkylation sites (N-methyl/N-ethyl adjacent to an activating group) is 1. The normalized spacial score (nSPS) is 17.0. The summed E-state index contributed by atoms with van der Waals surface area (Å²) in [6, 6.07) is 6.92. The number of aromatic nitrogens is 2. The number of likely N-dealkylation sites (tertiary alicyclic amines) is 1. The molecule has 1 unspecified atom stereocenters. The van der Waals surface area contributed by atoms with E-state index in [4.69, 9.17) is 11.6 Å². The number of rotatable bonds is 3. The van der Waals surface area contributed by atoms with E-state index in [9.17, 15) is 9.59 Å². The van der Waals surface area contributed by atoms with E-state index in [1.807, 2.05) is 19.1 Å². The lowest BCUT2D eigenvalue weighted by atomic mass is 10.1. The van der Waals surface area contributed by atoms with Crippen LogP contribution in [0, 0.1) is 6.92 Å². The number of amides is 2. The Kier molecular flexibility index (Phi) is 4.81. The molecule has 3 rings (SSSR count). The Bertz CT molecular complexity index is 815. The van der Waals surface area contributed by atoms with Crippen molar-refractivity contribution in [3.63, 3.8) is 0 Å². The van der Waals surface area contributed by atoms with Gasteiger partial charge in [0.2, 0.25) is 5.91 Å². The average Bonchev–Trinajstić information content (AvgIpc) is 3.20. The SMILES string of the molecule is Cc1c(C(=O)N2CCCC2C(=O)N(C)C)cnn1-c1cccc(Cl)c1. The molecule has 1 aliphatic rings. The van der Waals surface area contributed by atoms with Crippen LogP contribution in [0.25, 0.3) is 5.69 Å². The van der Waals surface area contributed by atoms with Crippen LogP contribution in [-0.4, -0.2) is 58.1 Å². The van der Waals surface area contributed by atoms with Gasteiger partial charge in [0.05, 0.1) is 23.1 Å². The molecule has 1 saturated heterocycles. The minimum atomic E-state index is -0.392. The molecule has 1 fully saturated rings. The van der Waals surface area contributed by atoms with Gasteiger partial charge in [-0.3, -0.25) is 9.59 Å². The molecule has 2 aromatic rings. The van der Waals surface area contributed by atoms with Gasteiger partial charge in [0.1, 0.15) is 6.04 Å². The molecule has 1 aromatic heterocycles. The first-order valence-electron chi connectivity index (χ1n) is 8.23. The fraction of sp³-hybridized carbons (Fsp3) is 0.389. The van der Waals surface area contributed by atoms with Crippen LogP contribution < -0.4 is 0 Å². The second-order valence-electron chi connectivity index (χ2n) is 6.42. The molecule has 132 valence electrons. The van der Waals surface area contributed by atoms with Crippen molar-refractivity contribution in [1.82, 2.24) is 19.6 Å². The minimum absolute atomic E-state index is 0.0364. The van der Waals surface area contributed by atoms with E-state index in [2.05, 4.69) is 5.10 Å². The van der Waals surface area contributed by atoms with Crippen LogP contribution in [0.2, 0.25) is 5.02 Å². The van der Waals surface area contributed by atoms with Crippen LogP contribution in [-0.2, 0) is 4.79 Å². The maximum atomic E-state index is 13.0. The number of nitrogens with zero attached hydrogens (tertiary/aromatic N) is 4. The molecule has 0 radical (unpaired) electrons. The van der Waals surface area contributed by atoms with Crippen molar-refractivity contribution in [3.05, 3.63) is 46.7 Å². The van der Waals surface area contributed by atoms with E-state index >= 15 is 0 Å². The Hall–Kier alpha value is -2.34. The second kappa shape index (κ2) is 6.88. The molecule has 7 heteroatoms. The molecule has 0 N–H and O–H groups in total. The van der Waals surface area contributed by atoms with Gasteiger partial charge in [-0.2, -0.15) is 5.10 Å². The lowest BCUT2D eigenvalue weighted by molar-refractivity contribution is -0.132. The third-order valence-corrected chi connectivity index (χ3v) is 4.77. The monoisotopic (exact) mass is 360 g/mol. The molecule has 1 aliphatic heterocycles. The first kappa shape index (κ1) is 17.5. The summed E-state index contributed by atoms with van der Waals surface area (Å²) in [5.74, 6) is -0.186. The van der Waals surface area contributed by atoms with Crippen LogP contribution in [0.15, 0.2) is 30.5 Å². The predicted molar refractivity (Wildman–Crippen MR) is 96.1 cm³/mol. The second-order valence-corrected chi connectivity index (χ2v) is 6.86. The van der Waals surface area contributed by atoms with Gasteiger partial charge in [0, 0.05) is 25.7 Å². The van der Waals surface area contributed by atoms with Gasteiger partial charge in [0.25, 0.3) is 5.91 Å². The smallest absolute Gasteiger partial charge is 0.258 e. The molecule has 2 amide bonds. The quantitative estimate of drug-likeness (QED) is 0.845. The summed E-state index contributed by atoms with van der Waals surface area (Å²) in [6.07, 6.45) is 3.09. The van der Waals surface area contributed by atoms with Crippen molar-refractivity contribution in [2.24, 2.45) is 0 Å². The van der Waals surface area contributed by atoms with Gasteiger partial charge in [-0.05, 0) is 38.0 Å². The van der Waals surface area contributed by atoms with E-state index in [-0.39, 0.29) is 11.8 Å². The van der Waals surface area contributed by atoms with Crippen LogP contribution in [0.3, 0.4) is 0 Å². The number of benzene rings is 1. The molecular weight excluding hydrogens is 340 g/mol. The molecule has 0 spiro atoms. The zero-order valence-corrected chi connectivity index (χ0v) is 15.3. The van der Waals surface area contributed by atoms with E-state index in [1.54, 1.807) is 46.9 Å². The fourth-order valence-electron chi connectivity index (χ4n) is 3.21. The zero-order valence-electron chi connectivity index (χ0n) is 14.6. The maximum Gasteiger partial charge on any atom is 0.258 e. The Morgan fingerprint density at radius 1 is 1.32 bits per heavy atom. The molecule has 2 heterocycles. The Morgan fingerprint density at radius 3 is 2.76 bits per heavy atom. The highest BCUT2D eigenvalue weighted by atomic mass is 35.5. The van der Waals surface area contributed by atoms with Gasteiger partial charge in [-0.25, -0.2) is 4.68 Å². The van der Waals surface area contributed by atoms with Gasteiger partial charge in [-0.1, -0.05) is 17.7 Å². The molecule has 0 saturated carbocycles. The third-order valence-electron chi connectivity index (χ3n) is 4.53. The standard InChI is InChI=1S/C18H21ClN4O2/c1-12-15(11-20-23(12)14-7-4-6-13(19)10-14)17(24)22-9-5-8-16(22)18(25)21(2)3/h4,6-7,10-11,16H,5,8-9H2,1-3H3. The topological polar surface area (TPSA) is 58.4 Å². The van der Waals surface area contributed by atoms with Crippen molar-refractivity contribution < 1.29 is 9.59 Å². The summed E-state index contributed by atoms with van der Waals surface area (Å²) < 4.78 is 1.69. The Morgan fingerprint density at radius 2 is 2.08 bits per heavy atom. The molecular formula is C18H21ClN4O2. The first-order chi connectivity index (χ1) is 11.9. The average molecular weight is 361 g/mol. The van der Waals surface area contributed by atoms with Gasteiger partial charge in [-0.15, -0.1) is 0 Å². The van der Waals surface area contributed by atoms with Crippen LogP contribution >= 0.6 is 11.6 Å². The molecule has 25 heavy (non-hydrogen) atoms. The molecule has 0 bridgehead atoms. The highest BCUT2D eigenvalue weighted by Gasteiger charge is 2.36. The van der Waals surface area contributed by atoms with Crippen molar-refractivity contribution in [1.29, 1.82) is 0 Å². The van der Waals surface area contributed by atoms with Crippen LogP contribution in [0.1, 0.15) is 28.9 Å². The van der Waals surface area contributed by atoms with Gasteiger partial charge in [0.15, 0.2) is 0 Å². The van der Waals surface area contributed by atoms with Crippen molar-refractivity contribution in [2.75, 3.05) is 20.6 Å². The fourth-order valence-corrected chi connectivity index (χ4v) is 3.39. The molecule has 1 atom stereocenters. The van der Waals surface area contributed by atoms with E-state index in [1.165, 1.54) is 0 Å². The van der Waals surface area contributed by atoms with E-state index < -0.39 is 6.04 Å². The zero-order chi connectivity index (χ0) is 18.1. The number of hydrogen-bond acceptors (Lipinski definition) is 3. The van der Waals surface area contributed by atoms with Crippen LogP contribution in [0.4, 0.5) is 0 Å². The summed E-state index contributed by atoms with van der Waals surface area (Å²) in [6.45, 7) is 2.44. The lowest BCUT2D eigenvalue weighted by Crippen LogP contribution is -2.45. The van der Waals surface area contributed by atoms with Crippen molar-refractivity contribution >= 4 is 23.4 Å². The maximum absolute atomic E-state index is 13.0. The number of carbonyl (C=O) groups is 2. The van der Waals surface area contributed by atoms with E-state index in [0.29, 0.717) is 23.6 Å². The Labute approximate surface area is 152 Å². The predicted octanol–water partition coefficient (Wildman–Crippen LogP) is 2.53.